The topological polar surface area (TPSA) is 29.5 Å². The van der Waals surface area contributed by atoms with E-state index in [0.29, 0.717) is 6.61 Å². The largest absolute Gasteiger partial charge is 0.491 e. The lowest BCUT2D eigenvalue weighted by molar-refractivity contribution is 0.00137. The number of benzene rings is 1. The molecule has 100 valence electrons. The zero-order chi connectivity index (χ0) is 13.2. The van der Waals surface area contributed by atoms with E-state index < -0.39 is 5.60 Å². The molecule has 1 saturated carbocycles. The summed E-state index contributed by atoms with van der Waals surface area (Å²) in [7, 11) is 0. The normalized spacial score (nSPS) is 18.9. The van der Waals surface area contributed by atoms with Crippen molar-refractivity contribution in [2.45, 2.75) is 57.5 Å². The maximum Gasteiger partial charge on any atom is 0.119 e. The van der Waals surface area contributed by atoms with Crippen LogP contribution in [-0.4, -0.2) is 17.3 Å². The Hall–Kier alpha value is -1.02. The average molecular weight is 248 g/mol. The molecule has 0 unspecified atom stereocenters. The maximum absolute atomic E-state index is 10.3. The standard InChI is InChI=1S/C16H24O2/c1-15(2,3)13-7-6-8-14(11-13)18-12-16(17)9-4-5-10-16/h6-8,11,17H,4-5,9-10,12H2,1-3H3. The van der Waals surface area contributed by atoms with Crippen LogP contribution in [0.2, 0.25) is 0 Å². The van der Waals surface area contributed by atoms with Gasteiger partial charge in [0.15, 0.2) is 0 Å². The molecule has 0 aliphatic heterocycles. The van der Waals surface area contributed by atoms with Gasteiger partial charge in [0.2, 0.25) is 0 Å². The third-order valence-corrected chi connectivity index (χ3v) is 3.74. The van der Waals surface area contributed by atoms with Gasteiger partial charge in [-0.3, -0.25) is 0 Å². The molecule has 1 N–H and O–H groups in total. The average Bonchev–Trinajstić information content (AvgIpc) is 2.74. The fourth-order valence-electron chi connectivity index (χ4n) is 2.45. The molecule has 18 heavy (non-hydrogen) atoms. The summed E-state index contributed by atoms with van der Waals surface area (Å²) < 4.78 is 5.78. The van der Waals surface area contributed by atoms with E-state index in [4.69, 9.17) is 4.74 Å². The third kappa shape index (κ3) is 3.26. The van der Waals surface area contributed by atoms with Crippen LogP contribution in [0.4, 0.5) is 0 Å². The molecular weight excluding hydrogens is 224 g/mol. The molecule has 0 spiro atoms. The number of ether oxygens (including phenoxy) is 1. The quantitative estimate of drug-likeness (QED) is 0.884. The molecule has 0 amide bonds. The minimum Gasteiger partial charge on any atom is -0.491 e. The lowest BCUT2D eigenvalue weighted by Crippen LogP contribution is -2.32. The molecule has 0 bridgehead atoms. The Morgan fingerprint density at radius 3 is 2.50 bits per heavy atom. The van der Waals surface area contributed by atoms with Gasteiger partial charge in [-0.1, -0.05) is 45.7 Å². The van der Waals surface area contributed by atoms with E-state index in [0.717, 1.165) is 31.4 Å². The van der Waals surface area contributed by atoms with Crippen LogP contribution in [0.5, 0.6) is 5.75 Å². The molecule has 1 fully saturated rings. The Bertz CT molecular complexity index is 398. The first-order valence-electron chi connectivity index (χ1n) is 6.85. The van der Waals surface area contributed by atoms with Crippen molar-refractivity contribution in [3.05, 3.63) is 29.8 Å². The van der Waals surface area contributed by atoms with Crippen LogP contribution >= 0.6 is 0 Å². The first kappa shape index (κ1) is 13.4. The molecule has 1 aromatic rings. The van der Waals surface area contributed by atoms with E-state index in [2.05, 4.69) is 32.9 Å². The van der Waals surface area contributed by atoms with Crippen molar-refractivity contribution in [3.8, 4) is 5.75 Å². The van der Waals surface area contributed by atoms with Crippen molar-refractivity contribution in [2.24, 2.45) is 0 Å². The first-order valence-corrected chi connectivity index (χ1v) is 6.85. The smallest absolute Gasteiger partial charge is 0.119 e. The SMILES string of the molecule is CC(C)(C)c1cccc(OCC2(O)CCCC2)c1. The fraction of sp³-hybridized carbons (Fsp3) is 0.625. The van der Waals surface area contributed by atoms with Crippen LogP contribution < -0.4 is 4.74 Å². The molecular formula is C16H24O2. The van der Waals surface area contributed by atoms with Gasteiger partial charge < -0.3 is 9.84 Å². The van der Waals surface area contributed by atoms with Crippen LogP contribution in [0.3, 0.4) is 0 Å². The van der Waals surface area contributed by atoms with Gasteiger partial charge in [0.1, 0.15) is 12.4 Å². The Labute approximate surface area is 110 Å². The maximum atomic E-state index is 10.3. The monoisotopic (exact) mass is 248 g/mol. The molecule has 2 nitrogen and oxygen atoms in total. The second-order valence-electron chi connectivity index (χ2n) is 6.50. The van der Waals surface area contributed by atoms with E-state index in [9.17, 15) is 5.11 Å². The number of hydrogen-bond acceptors (Lipinski definition) is 2. The lowest BCUT2D eigenvalue weighted by atomic mass is 9.87. The predicted molar refractivity (Wildman–Crippen MR) is 74.1 cm³/mol. The van der Waals surface area contributed by atoms with Crippen molar-refractivity contribution in [1.82, 2.24) is 0 Å². The Morgan fingerprint density at radius 1 is 1.22 bits per heavy atom. The highest BCUT2D eigenvalue weighted by molar-refractivity contribution is 5.32. The van der Waals surface area contributed by atoms with E-state index in [1.54, 1.807) is 0 Å². The van der Waals surface area contributed by atoms with Crippen LogP contribution in [0.1, 0.15) is 52.0 Å². The molecule has 1 aliphatic carbocycles. The van der Waals surface area contributed by atoms with Gasteiger partial charge in [-0.15, -0.1) is 0 Å². The fourth-order valence-corrected chi connectivity index (χ4v) is 2.45. The van der Waals surface area contributed by atoms with Gasteiger partial charge in [-0.2, -0.15) is 0 Å². The van der Waals surface area contributed by atoms with Gasteiger partial charge in [0.05, 0.1) is 5.60 Å². The van der Waals surface area contributed by atoms with E-state index in [1.165, 1.54) is 5.56 Å². The van der Waals surface area contributed by atoms with Crippen molar-refractivity contribution < 1.29 is 9.84 Å². The summed E-state index contributed by atoms with van der Waals surface area (Å²) >= 11 is 0. The van der Waals surface area contributed by atoms with Crippen molar-refractivity contribution in [3.63, 3.8) is 0 Å². The summed E-state index contributed by atoms with van der Waals surface area (Å²) in [5.41, 5.74) is 0.792. The molecule has 0 heterocycles. The molecule has 0 atom stereocenters. The molecule has 2 rings (SSSR count). The van der Waals surface area contributed by atoms with E-state index in [-0.39, 0.29) is 5.41 Å². The Kier molecular flexibility index (Phi) is 3.67. The van der Waals surface area contributed by atoms with Gasteiger partial charge in [-0.05, 0) is 36.0 Å². The zero-order valence-corrected chi connectivity index (χ0v) is 11.7. The molecule has 0 saturated heterocycles. The Balaban J connectivity index is 2.01. The van der Waals surface area contributed by atoms with Gasteiger partial charge in [-0.25, -0.2) is 0 Å². The highest BCUT2D eigenvalue weighted by Gasteiger charge is 2.31. The van der Waals surface area contributed by atoms with Gasteiger partial charge in [0, 0.05) is 0 Å². The van der Waals surface area contributed by atoms with Crippen LogP contribution in [0, 0.1) is 0 Å². The van der Waals surface area contributed by atoms with Crippen molar-refractivity contribution in [1.29, 1.82) is 0 Å². The third-order valence-electron chi connectivity index (χ3n) is 3.74. The van der Waals surface area contributed by atoms with Crippen LogP contribution in [0.15, 0.2) is 24.3 Å². The predicted octanol–water partition coefficient (Wildman–Crippen LogP) is 3.67. The number of rotatable bonds is 3. The molecule has 1 aromatic carbocycles. The van der Waals surface area contributed by atoms with Crippen molar-refractivity contribution in [2.75, 3.05) is 6.61 Å². The summed E-state index contributed by atoms with van der Waals surface area (Å²) in [6, 6.07) is 8.19. The van der Waals surface area contributed by atoms with Crippen LogP contribution in [0.25, 0.3) is 0 Å². The van der Waals surface area contributed by atoms with Gasteiger partial charge in [0.25, 0.3) is 0 Å². The summed E-state index contributed by atoms with van der Waals surface area (Å²) in [5, 5.41) is 10.3. The number of hydrogen-bond donors (Lipinski definition) is 1. The van der Waals surface area contributed by atoms with Crippen molar-refractivity contribution >= 4 is 0 Å². The molecule has 2 heteroatoms. The molecule has 0 radical (unpaired) electrons. The number of aliphatic hydroxyl groups is 1. The first-order chi connectivity index (χ1) is 8.39. The van der Waals surface area contributed by atoms with E-state index >= 15 is 0 Å². The van der Waals surface area contributed by atoms with E-state index in [1.807, 2.05) is 12.1 Å². The summed E-state index contributed by atoms with van der Waals surface area (Å²) in [5.74, 6) is 0.864. The minimum absolute atomic E-state index is 0.129. The van der Waals surface area contributed by atoms with Gasteiger partial charge >= 0.3 is 0 Å². The minimum atomic E-state index is -0.599. The lowest BCUT2D eigenvalue weighted by Gasteiger charge is -2.23. The summed E-state index contributed by atoms with van der Waals surface area (Å²) in [4.78, 5) is 0. The highest BCUT2D eigenvalue weighted by Crippen LogP contribution is 2.31. The Morgan fingerprint density at radius 2 is 1.89 bits per heavy atom. The zero-order valence-electron chi connectivity index (χ0n) is 11.7. The summed E-state index contributed by atoms with van der Waals surface area (Å²) in [6.45, 7) is 6.99. The molecule has 1 aliphatic rings. The molecule has 0 aromatic heterocycles. The summed E-state index contributed by atoms with van der Waals surface area (Å²) in [6.07, 6.45) is 3.96. The second-order valence-corrected chi connectivity index (χ2v) is 6.50. The van der Waals surface area contributed by atoms with Crippen LogP contribution in [-0.2, 0) is 5.41 Å². The second kappa shape index (κ2) is 4.93. The highest BCUT2D eigenvalue weighted by atomic mass is 16.5.